The Bertz CT molecular complexity index is 741. The van der Waals surface area contributed by atoms with Gasteiger partial charge in [-0.3, -0.25) is 4.90 Å². The molecule has 5 nitrogen and oxygen atoms in total. The Morgan fingerprint density at radius 2 is 1.93 bits per heavy atom. The lowest BCUT2D eigenvalue weighted by atomic mass is 10.1. The molecule has 1 N–H and O–H groups in total. The number of benzene rings is 2. The highest BCUT2D eigenvalue weighted by atomic mass is 16.5. The topological polar surface area (TPSA) is 51.5 Å². The largest absolute Gasteiger partial charge is 0.374 e. The molecule has 2 aromatic carbocycles. The van der Waals surface area contributed by atoms with E-state index in [0.717, 1.165) is 51.6 Å². The summed E-state index contributed by atoms with van der Waals surface area (Å²) >= 11 is 0. The van der Waals surface area contributed by atoms with Crippen molar-refractivity contribution in [1.82, 2.24) is 10.2 Å². The van der Waals surface area contributed by atoms with Crippen molar-refractivity contribution in [3.05, 3.63) is 65.7 Å². The van der Waals surface area contributed by atoms with Crippen LogP contribution in [0.1, 0.15) is 17.5 Å². The Hall–Kier alpha value is -2.39. The molecule has 5 heteroatoms. The van der Waals surface area contributed by atoms with Crippen LogP contribution in [0.25, 0.3) is 0 Å². The molecule has 0 aromatic heterocycles. The molecule has 0 spiro atoms. The number of nitrogens with one attached hydrogen (secondary N) is 1. The number of morpholine rings is 1. The number of ether oxygens (including phenoxy) is 1. The number of hydrogen-bond donors (Lipinski definition) is 1. The van der Waals surface area contributed by atoms with Gasteiger partial charge < -0.3 is 15.0 Å². The first kappa shape index (κ1) is 20.3. The van der Waals surface area contributed by atoms with Gasteiger partial charge in [-0.1, -0.05) is 42.5 Å². The van der Waals surface area contributed by atoms with Crippen molar-refractivity contribution in [3.8, 4) is 6.07 Å². The lowest BCUT2D eigenvalue weighted by Gasteiger charge is -2.33. The maximum atomic E-state index is 8.70. The highest BCUT2D eigenvalue weighted by molar-refractivity contribution is 5.46. The molecule has 1 saturated heterocycles. The molecule has 0 aliphatic carbocycles. The van der Waals surface area contributed by atoms with Crippen molar-refractivity contribution < 1.29 is 4.74 Å². The second-order valence-electron chi connectivity index (χ2n) is 7.34. The van der Waals surface area contributed by atoms with E-state index < -0.39 is 0 Å². The van der Waals surface area contributed by atoms with Crippen LogP contribution in [0.3, 0.4) is 0 Å². The van der Waals surface area contributed by atoms with Crippen molar-refractivity contribution in [2.24, 2.45) is 0 Å². The number of nitrogens with zero attached hydrogens (tertiary/aromatic N) is 3. The molecule has 0 saturated carbocycles. The average molecular weight is 379 g/mol. The molecule has 1 heterocycles. The second kappa shape index (κ2) is 10.8. The first-order chi connectivity index (χ1) is 13.7. The van der Waals surface area contributed by atoms with Crippen molar-refractivity contribution >= 4 is 5.69 Å². The minimum atomic E-state index is 0.230. The fourth-order valence-corrected chi connectivity index (χ4v) is 3.48. The zero-order chi connectivity index (χ0) is 19.6. The van der Waals surface area contributed by atoms with E-state index in [1.54, 1.807) is 0 Å². The number of hydrogen-bond acceptors (Lipinski definition) is 5. The van der Waals surface area contributed by atoms with Gasteiger partial charge in [0.05, 0.1) is 25.2 Å². The van der Waals surface area contributed by atoms with Gasteiger partial charge in [-0.15, -0.1) is 0 Å². The van der Waals surface area contributed by atoms with Crippen LogP contribution >= 0.6 is 0 Å². The minimum absolute atomic E-state index is 0.230. The van der Waals surface area contributed by atoms with E-state index in [1.807, 2.05) is 7.05 Å². The maximum absolute atomic E-state index is 8.70. The Balaban J connectivity index is 1.40. The normalized spacial score (nSPS) is 17.2. The monoisotopic (exact) mass is 378 g/mol. The van der Waals surface area contributed by atoms with Crippen LogP contribution in [0.5, 0.6) is 0 Å². The summed E-state index contributed by atoms with van der Waals surface area (Å²) in [5.41, 5.74) is 3.76. The SMILES string of the molecule is CN(CCC#N)c1ccc(CNC[C@H]2CN(Cc3ccccc3)CCO2)cc1. The molecule has 1 fully saturated rings. The predicted octanol–water partition coefficient (Wildman–Crippen LogP) is 3.03. The standard InChI is InChI=1S/C23H30N4O/c1-26(13-5-12-24)22-10-8-20(9-11-22)16-25-17-23-19-27(14-15-28-23)18-21-6-3-2-4-7-21/h2-4,6-11,23,25H,5,13-19H2,1H3/t23-/m0/s1. The summed E-state index contributed by atoms with van der Waals surface area (Å²) in [5, 5.41) is 12.2. The zero-order valence-corrected chi connectivity index (χ0v) is 16.7. The molecule has 0 unspecified atom stereocenters. The van der Waals surface area contributed by atoms with E-state index in [-0.39, 0.29) is 6.10 Å². The molecule has 0 bridgehead atoms. The van der Waals surface area contributed by atoms with Crippen LogP contribution in [0, 0.1) is 11.3 Å². The molecule has 148 valence electrons. The Kier molecular flexibility index (Phi) is 7.86. The first-order valence-corrected chi connectivity index (χ1v) is 10.0. The van der Waals surface area contributed by atoms with Gasteiger partial charge in [0.15, 0.2) is 0 Å². The third kappa shape index (κ3) is 6.35. The molecule has 1 aliphatic rings. The average Bonchev–Trinajstić information content (AvgIpc) is 2.73. The molecular weight excluding hydrogens is 348 g/mol. The van der Waals surface area contributed by atoms with Gasteiger partial charge in [-0.2, -0.15) is 5.26 Å². The van der Waals surface area contributed by atoms with Crippen LogP contribution in [0.2, 0.25) is 0 Å². The molecule has 0 amide bonds. The summed E-state index contributed by atoms with van der Waals surface area (Å²) in [6.07, 6.45) is 0.775. The Morgan fingerprint density at radius 1 is 1.14 bits per heavy atom. The number of anilines is 1. The van der Waals surface area contributed by atoms with Gasteiger partial charge in [0.2, 0.25) is 0 Å². The quantitative estimate of drug-likeness (QED) is 0.727. The summed E-state index contributed by atoms with van der Waals surface area (Å²) in [7, 11) is 2.02. The summed E-state index contributed by atoms with van der Waals surface area (Å²) in [6.45, 7) is 6.18. The fourth-order valence-electron chi connectivity index (χ4n) is 3.48. The minimum Gasteiger partial charge on any atom is -0.374 e. The van der Waals surface area contributed by atoms with Crippen molar-refractivity contribution in [1.29, 1.82) is 5.26 Å². The van der Waals surface area contributed by atoms with Crippen LogP contribution in [-0.4, -0.2) is 50.8 Å². The first-order valence-electron chi connectivity index (χ1n) is 10.0. The Morgan fingerprint density at radius 3 is 2.68 bits per heavy atom. The molecule has 2 aromatic rings. The predicted molar refractivity (Wildman–Crippen MR) is 113 cm³/mol. The highest BCUT2D eigenvalue weighted by Gasteiger charge is 2.20. The van der Waals surface area contributed by atoms with Crippen molar-refractivity contribution in [2.45, 2.75) is 25.6 Å². The van der Waals surface area contributed by atoms with Gasteiger partial charge >= 0.3 is 0 Å². The summed E-state index contributed by atoms with van der Waals surface area (Å²) in [4.78, 5) is 4.58. The lowest BCUT2D eigenvalue weighted by molar-refractivity contribution is -0.0300. The van der Waals surface area contributed by atoms with E-state index in [1.165, 1.54) is 11.1 Å². The second-order valence-corrected chi connectivity index (χ2v) is 7.34. The molecule has 1 atom stereocenters. The smallest absolute Gasteiger partial charge is 0.0826 e. The third-order valence-electron chi connectivity index (χ3n) is 5.11. The zero-order valence-electron chi connectivity index (χ0n) is 16.7. The van der Waals surface area contributed by atoms with E-state index in [2.05, 4.69) is 75.8 Å². The van der Waals surface area contributed by atoms with Crippen molar-refractivity contribution in [3.63, 3.8) is 0 Å². The molecular formula is C23H30N4O. The Labute approximate surface area is 168 Å². The maximum Gasteiger partial charge on any atom is 0.0826 e. The molecule has 1 aliphatic heterocycles. The van der Waals surface area contributed by atoms with Gasteiger partial charge in [0, 0.05) is 52.0 Å². The van der Waals surface area contributed by atoms with Crippen LogP contribution in [0.15, 0.2) is 54.6 Å². The summed E-state index contributed by atoms with van der Waals surface area (Å²) < 4.78 is 5.93. The van der Waals surface area contributed by atoms with Gasteiger partial charge in [-0.25, -0.2) is 0 Å². The third-order valence-corrected chi connectivity index (χ3v) is 5.11. The van der Waals surface area contributed by atoms with E-state index in [9.17, 15) is 0 Å². The number of rotatable bonds is 9. The summed E-state index contributed by atoms with van der Waals surface area (Å²) in [6, 6.07) is 21.3. The number of nitriles is 1. The molecule has 28 heavy (non-hydrogen) atoms. The van der Waals surface area contributed by atoms with Gasteiger partial charge in [0.1, 0.15) is 0 Å². The van der Waals surface area contributed by atoms with Crippen LogP contribution in [0.4, 0.5) is 5.69 Å². The van der Waals surface area contributed by atoms with E-state index in [4.69, 9.17) is 10.00 Å². The lowest BCUT2D eigenvalue weighted by Crippen LogP contribution is -2.46. The highest BCUT2D eigenvalue weighted by Crippen LogP contribution is 2.14. The summed E-state index contributed by atoms with van der Waals surface area (Å²) in [5.74, 6) is 0. The molecule has 0 radical (unpaired) electrons. The molecule has 3 rings (SSSR count). The van der Waals surface area contributed by atoms with Crippen LogP contribution < -0.4 is 10.2 Å². The van der Waals surface area contributed by atoms with E-state index >= 15 is 0 Å². The van der Waals surface area contributed by atoms with Gasteiger partial charge in [-0.05, 0) is 23.3 Å². The van der Waals surface area contributed by atoms with Crippen LogP contribution in [-0.2, 0) is 17.8 Å². The van der Waals surface area contributed by atoms with Crippen molar-refractivity contribution in [2.75, 3.05) is 44.7 Å². The fraction of sp³-hybridized carbons (Fsp3) is 0.435. The van der Waals surface area contributed by atoms with E-state index in [0.29, 0.717) is 6.42 Å². The van der Waals surface area contributed by atoms with Gasteiger partial charge in [0.25, 0.3) is 0 Å².